The van der Waals surface area contributed by atoms with Crippen LogP contribution in [-0.4, -0.2) is 33.0 Å². The van der Waals surface area contributed by atoms with Crippen LogP contribution in [0.4, 0.5) is 5.82 Å². The molecule has 2 atom stereocenters. The molecule has 1 amide bonds. The van der Waals surface area contributed by atoms with Crippen molar-refractivity contribution < 1.29 is 14.7 Å². The van der Waals surface area contributed by atoms with Gasteiger partial charge in [0.1, 0.15) is 0 Å². The van der Waals surface area contributed by atoms with Crippen molar-refractivity contribution in [2.45, 2.75) is 12.5 Å². The Morgan fingerprint density at radius 1 is 1.33 bits per heavy atom. The Bertz CT molecular complexity index is 515. The zero-order chi connectivity index (χ0) is 13.1. The second-order valence-electron chi connectivity index (χ2n) is 3.93. The highest BCUT2D eigenvalue weighted by Crippen LogP contribution is 2.21. The lowest BCUT2D eigenvalue weighted by atomic mass is 10.1. The molecule has 94 valence electrons. The maximum atomic E-state index is 11.1. The fourth-order valence-corrected chi connectivity index (χ4v) is 1.79. The van der Waals surface area contributed by atoms with Crippen LogP contribution in [-0.2, 0) is 4.79 Å². The van der Waals surface area contributed by atoms with Crippen LogP contribution in [0.15, 0.2) is 24.5 Å². The van der Waals surface area contributed by atoms with E-state index in [9.17, 15) is 9.59 Å². The third-order valence-electron chi connectivity index (χ3n) is 2.65. The maximum Gasteiger partial charge on any atom is 0.310 e. The number of primary amides is 1. The molecular formula is C11H12N4O3. The van der Waals surface area contributed by atoms with E-state index in [2.05, 4.69) is 15.3 Å². The van der Waals surface area contributed by atoms with E-state index >= 15 is 0 Å². The van der Waals surface area contributed by atoms with Crippen molar-refractivity contribution in [2.24, 2.45) is 11.7 Å². The first-order valence-electron chi connectivity index (χ1n) is 5.36. The largest absolute Gasteiger partial charge is 0.481 e. The van der Waals surface area contributed by atoms with Crippen LogP contribution in [0.3, 0.4) is 0 Å². The summed E-state index contributed by atoms with van der Waals surface area (Å²) in [4.78, 5) is 29.7. The van der Waals surface area contributed by atoms with Crippen LogP contribution in [0.1, 0.15) is 16.9 Å². The van der Waals surface area contributed by atoms with E-state index in [4.69, 9.17) is 10.8 Å². The van der Waals surface area contributed by atoms with Gasteiger partial charge in [-0.1, -0.05) is 12.2 Å². The molecule has 0 aromatic carbocycles. The Balaban J connectivity index is 2.10. The van der Waals surface area contributed by atoms with Gasteiger partial charge in [-0.3, -0.25) is 9.59 Å². The quantitative estimate of drug-likeness (QED) is 0.646. The lowest BCUT2D eigenvalue weighted by Crippen LogP contribution is -2.23. The Morgan fingerprint density at radius 2 is 2.06 bits per heavy atom. The average Bonchev–Trinajstić information content (AvgIpc) is 2.78. The third kappa shape index (κ3) is 2.45. The van der Waals surface area contributed by atoms with Gasteiger partial charge in [0.25, 0.3) is 5.91 Å². The van der Waals surface area contributed by atoms with E-state index in [1.165, 1.54) is 12.4 Å². The van der Waals surface area contributed by atoms with Gasteiger partial charge in [-0.2, -0.15) is 0 Å². The normalized spacial score (nSPS) is 21.8. The van der Waals surface area contributed by atoms with E-state index in [0.29, 0.717) is 6.42 Å². The Labute approximate surface area is 103 Å². The van der Waals surface area contributed by atoms with Crippen molar-refractivity contribution in [1.29, 1.82) is 0 Å². The number of aliphatic carboxylic acids is 1. The van der Waals surface area contributed by atoms with Crippen LogP contribution < -0.4 is 11.1 Å². The summed E-state index contributed by atoms with van der Waals surface area (Å²) in [5, 5.41) is 11.8. The number of aromatic nitrogens is 2. The first-order chi connectivity index (χ1) is 8.58. The van der Waals surface area contributed by atoms with Gasteiger partial charge in [0.2, 0.25) is 0 Å². The van der Waals surface area contributed by atoms with Crippen molar-refractivity contribution in [1.82, 2.24) is 9.97 Å². The van der Waals surface area contributed by atoms with Crippen molar-refractivity contribution in [2.75, 3.05) is 5.32 Å². The third-order valence-corrected chi connectivity index (χ3v) is 2.65. The first-order valence-corrected chi connectivity index (χ1v) is 5.36. The number of carboxylic acids is 1. The first kappa shape index (κ1) is 12.0. The number of nitrogens with one attached hydrogen (secondary N) is 1. The topological polar surface area (TPSA) is 118 Å². The predicted molar refractivity (Wildman–Crippen MR) is 62.8 cm³/mol. The minimum atomic E-state index is -0.871. The van der Waals surface area contributed by atoms with E-state index in [1.54, 1.807) is 12.2 Å². The minimum Gasteiger partial charge on any atom is -0.481 e. The van der Waals surface area contributed by atoms with Crippen molar-refractivity contribution in [3.8, 4) is 0 Å². The highest BCUT2D eigenvalue weighted by Gasteiger charge is 2.25. The van der Waals surface area contributed by atoms with Gasteiger partial charge in [-0.15, -0.1) is 0 Å². The molecule has 0 saturated carbocycles. The number of amides is 1. The molecule has 1 aromatic rings. The number of anilines is 1. The van der Waals surface area contributed by atoms with Gasteiger partial charge in [-0.25, -0.2) is 9.97 Å². The second kappa shape index (κ2) is 4.82. The molecular weight excluding hydrogens is 236 g/mol. The number of hydrogen-bond acceptors (Lipinski definition) is 5. The zero-order valence-corrected chi connectivity index (χ0v) is 9.41. The van der Waals surface area contributed by atoms with E-state index in [-0.39, 0.29) is 17.6 Å². The Kier molecular flexibility index (Phi) is 3.22. The van der Waals surface area contributed by atoms with Gasteiger partial charge in [0, 0.05) is 18.4 Å². The smallest absolute Gasteiger partial charge is 0.310 e. The molecule has 1 aliphatic carbocycles. The molecule has 18 heavy (non-hydrogen) atoms. The van der Waals surface area contributed by atoms with Crippen LogP contribution in [0.25, 0.3) is 0 Å². The predicted octanol–water partition coefficient (Wildman–Crippen LogP) is 0.0167. The average molecular weight is 248 g/mol. The Morgan fingerprint density at radius 3 is 2.67 bits per heavy atom. The molecule has 0 radical (unpaired) electrons. The van der Waals surface area contributed by atoms with Crippen LogP contribution in [0.2, 0.25) is 0 Å². The summed E-state index contributed by atoms with van der Waals surface area (Å²) >= 11 is 0. The van der Waals surface area contributed by atoms with Crippen LogP contribution in [0, 0.1) is 5.92 Å². The maximum absolute atomic E-state index is 11.1. The molecule has 0 saturated heterocycles. The summed E-state index contributed by atoms with van der Waals surface area (Å²) in [6.45, 7) is 0. The highest BCUT2D eigenvalue weighted by atomic mass is 16.4. The lowest BCUT2D eigenvalue weighted by molar-refractivity contribution is -0.140. The molecule has 0 spiro atoms. The number of carbonyl (C=O) groups excluding carboxylic acids is 1. The molecule has 7 nitrogen and oxygen atoms in total. The molecule has 4 N–H and O–H groups in total. The fraction of sp³-hybridized carbons (Fsp3) is 0.273. The van der Waals surface area contributed by atoms with Gasteiger partial charge >= 0.3 is 5.97 Å². The molecule has 1 aromatic heterocycles. The molecule has 1 aliphatic rings. The van der Waals surface area contributed by atoms with Gasteiger partial charge in [0.05, 0.1) is 5.92 Å². The highest BCUT2D eigenvalue weighted by molar-refractivity contribution is 5.95. The Hall–Kier alpha value is -2.44. The molecule has 7 heteroatoms. The van der Waals surface area contributed by atoms with Crippen LogP contribution in [0.5, 0.6) is 0 Å². The minimum absolute atomic E-state index is 0.0460. The lowest BCUT2D eigenvalue weighted by Gasteiger charge is -2.13. The number of nitrogens with two attached hydrogens (primary N) is 1. The second-order valence-corrected chi connectivity index (χ2v) is 3.93. The summed E-state index contributed by atoms with van der Waals surface area (Å²) < 4.78 is 0. The number of carbonyl (C=O) groups is 2. The molecule has 0 fully saturated rings. The van der Waals surface area contributed by atoms with Gasteiger partial charge < -0.3 is 16.2 Å². The number of nitrogens with zero attached hydrogens (tertiary/aromatic N) is 2. The van der Waals surface area contributed by atoms with E-state index < -0.39 is 17.8 Å². The van der Waals surface area contributed by atoms with Crippen molar-refractivity contribution >= 4 is 17.7 Å². The number of carboxylic acid groups (broad SMARTS) is 1. The monoisotopic (exact) mass is 248 g/mol. The molecule has 2 unspecified atom stereocenters. The van der Waals surface area contributed by atoms with Crippen molar-refractivity contribution in [3.63, 3.8) is 0 Å². The van der Waals surface area contributed by atoms with Gasteiger partial charge in [0.15, 0.2) is 11.5 Å². The summed E-state index contributed by atoms with van der Waals surface area (Å²) in [5.41, 5.74) is 5.22. The number of rotatable bonds is 4. The summed E-state index contributed by atoms with van der Waals surface area (Å²) in [6.07, 6.45) is 6.56. The standard InChI is InChI=1S/C11H12N4O3/c12-9(16)8-10(14-4-3-13-8)15-7-2-1-6(5-7)11(17)18/h1-4,6-7H,5H2,(H2,12,16)(H,14,15)(H,17,18). The van der Waals surface area contributed by atoms with Gasteiger partial charge in [-0.05, 0) is 6.42 Å². The molecule has 0 aliphatic heterocycles. The van der Waals surface area contributed by atoms with E-state index in [0.717, 1.165) is 0 Å². The van der Waals surface area contributed by atoms with Crippen molar-refractivity contribution in [3.05, 3.63) is 30.2 Å². The fourth-order valence-electron chi connectivity index (χ4n) is 1.79. The SMILES string of the molecule is NC(=O)c1nccnc1NC1C=CC(C(=O)O)C1. The summed E-state index contributed by atoms with van der Waals surface area (Å²) in [6, 6.07) is -0.194. The zero-order valence-electron chi connectivity index (χ0n) is 9.41. The molecule has 0 bridgehead atoms. The molecule has 2 rings (SSSR count). The van der Waals surface area contributed by atoms with E-state index in [1.807, 2.05) is 0 Å². The summed E-state index contributed by atoms with van der Waals surface area (Å²) in [5.74, 6) is -1.80. The van der Waals surface area contributed by atoms with Crippen LogP contribution >= 0.6 is 0 Å². The molecule has 1 heterocycles. The summed E-state index contributed by atoms with van der Waals surface area (Å²) in [7, 11) is 0. The number of hydrogen-bond donors (Lipinski definition) is 3.